The molecule has 2 atom stereocenters. The van der Waals surface area contributed by atoms with Crippen LogP contribution in [0.5, 0.6) is 0 Å². The number of rotatable bonds is 15. The molecule has 0 radical (unpaired) electrons. The quantitative estimate of drug-likeness (QED) is 0.0410. The van der Waals surface area contributed by atoms with E-state index < -0.39 is 105 Å². The lowest BCUT2D eigenvalue weighted by Crippen LogP contribution is -2.47. The van der Waals surface area contributed by atoms with Crippen LogP contribution in [0, 0.1) is 0 Å². The van der Waals surface area contributed by atoms with Gasteiger partial charge < -0.3 is 30.5 Å². The van der Waals surface area contributed by atoms with Crippen molar-refractivity contribution in [2.24, 2.45) is 0 Å². The fraction of sp³-hybridized carbons (Fsp3) is 0.467. The van der Waals surface area contributed by atoms with Gasteiger partial charge in [-0.25, -0.2) is 8.42 Å². The summed E-state index contributed by atoms with van der Waals surface area (Å²) in [7, 11) is -25.1. The Labute approximate surface area is 519 Å². The van der Waals surface area contributed by atoms with Gasteiger partial charge in [-0.15, -0.1) is 0 Å². The normalized spacial score (nSPS) is 21.2. The van der Waals surface area contributed by atoms with Crippen LogP contribution < -0.4 is 20.9 Å². The van der Waals surface area contributed by atoms with Gasteiger partial charge in [0.2, 0.25) is 17.7 Å². The van der Waals surface area contributed by atoms with Crippen molar-refractivity contribution in [3.05, 3.63) is 107 Å². The largest absolute Gasteiger partial charge is 0.744 e. The lowest BCUT2D eigenvalue weighted by molar-refractivity contribution is -0.137. The molecule has 0 spiro atoms. The van der Waals surface area contributed by atoms with Crippen LogP contribution in [0.2, 0.25) is 0 Å². The number of hydrogen-bond donors (Lipinski definition) is 8. The van der Waals surface area contributed by atoms with Crippen molar-refractivity contribution in [1.29, 1.82) is 0 Å². The van der Waals surface area contributed by atoms with Gasteiger partial charge in [-0.1, -0.05) is 82.0 Å². The van der Waals surface area contributed by atoms with Crippen LogP contribution in [0.25, 0.3) is 27.1 Å². The van der Waals surface area contributed by atoms with Crippen LogP contribution in [0.3, 0.4) is 0 Å². The number of unbranched alkanes of at least 4 members (excludes halogenated alkanes) is 2. The Kier molecular flexibility index (Phi) is 22.4. The molecule has 89 heavy (non-hydrogen) atoms. The van der Waals surface area contributed by atoms with Gasteiger partial charge in [0, 0.05) is 71.9 Å². The first-order valence-electron chi connectivity index (χ1n) is 29.2. The number of amides is 3. The average Bonchev–Trinajstić information content (AvgIpc) is 1.63. The molecule has 2 aliphatic heterocycles. The molecule has 2 unspecified atom stereocenters. The van der Waals surface area contributed by atoms with E-state index in [0.29, 0.717) is 123 Å². The minimum Gasteiger partial charge on any atom is -0.744 e. The summed E-state index contributed by atoms with van der Waals surface area (Å²) in [5, 5.41) is 17.5. The summed E-state index contributed by atoms with van der Waals surface area (Å²) in [5.41, 5.74) is 1.42. The van der Waals surface area contributed by atoms with Gasteiger partial charge in [0.25, 0.3) is 40.5 Å². The first-order valence-corrected chi connectivity index (χ1v) is 36.6. The summed E-state index contributed by atoms with van der Waals surface area (Å²) in [4.78, 5) is 49.6. The second kappa shape index (κ2) is 28.4. The molecule has 0 saturated carbocycles. The van der Waals surface area contributed by atoms with Gasteiger partial charge in [0.15, 0.2) is 0 Å². The summed E-state index contributed by atoms with van der Waals surface area (Å²) >= 11 is 0. The van der Waals surface area contributed by atoms with Crippen LogP contribution in [0.4, 0.5) is 5.69 Å². The van der Waals surface area contributed by atoms with Crippen LogP contribution in [-0.2, 0) is 80.6 Å². The number of carboxylic acids is 1. The molecule has 3 aliphatic rings. The minimum atomic E-state index is -5.28. The monoisotopic (exact) mass is 1330 g/mol. The highest BCUT2D eigenvalue weighted by Gasteiger charge is 2.45. The van der Waals surface area contributed by atoms with Crippen LogP contribution >= 0.6 is 0 Å². The number of carboxylic acid groups (broad SMARTS) is 1. The molecule has 0 fully saturated rings. The molecule has 29 heteroatoms. The smallest absolute Gasteiger partial charge is 0.303 e. The van der Waals surface area contributed by atoms with Crippen LogP contribution in [0.15, 0.2) is 110 Å². The number of anilines is 1. The number of nitrogens with one attached hydrogen (secondary N) is 3. The van der Waals surface area contributed by atoms with E-state index in [2.05, 4.69) is 16.0 Å². The summed E-state index contributed by atoms with van der Waals surface area (Å²) < 4.78 is 180. The van der Waals surface area contributed by atoms with Crippen molar-refractivity contribution in [2.45, 2.75) is 173 Å². The Bertz CT molecular complexity index is 4160. The maximum absolute atomic E-state index is 13.5. The second-order valence-electron chi connectivity index (χ2n) is 23.4. The van der Waals surface area contributed by atoms with Gasteiger partial charge in [0.05, 0.1) is 15.5 Å². The van der Waals surface area contributed by atoms with Crippen LogP contribution in [-0.4, -0.2) is 125 Å². The molecular formula is C60H75N4O20S5-. The molecule has 7 rings (SSSR count). The SMILES string of the molecule is CC1(C)C2=C(CCCCCC(=O)NC(C(=O)NCCCCCC(=O)O)CCCCNC(=O)CCCCCC3(C)/C(=C/C=C/C=C/2)N(CCCS(=O)(=O)O)c2ccc4c(S(=O)(=O)O)cc(S(=O)(=O)O)cc4c23)c2ccc3c(S(=O)(=O)O)cc(S(=O)(=O)[O-])cc3c21. The minimum absolute atomic E-state index is 0.00539. The Morgan fingerprint density at radius 1 is 0.663 bits per heavy atom. The standard InChI is InChI=1S/C60H76N4O20S5/c1-59(2)47-20-9-5-10-22-52-60(3,57-46-36-40(87(76,77)78)38-51(89(82,83)84)43(46)28-29-49(57)64(52)33-18-34-85(70,71)72)30-15-6-12-23-53(65)61-31-17-14-21-48(58(69)62-32-16-7-13-25-55(67)68)63-54(66)24-11-4-8-19-41(47)44-27-26-42-45(56(44)59)35-39(86(73,74)75)37-50(42)88(79,80)81/h5,9-10,20,22,26-29,35-38,48H,4,6-8,11-19,21,23-25,30-34H2,1-3H3,(H,61,65)(H,62,69)(H,63,66)(H,67,68)(H,70,71,72)(H,73,74,75)(H,76,77,78)(H,79,80,81)(H,82,83,84)/p-1/b10-5+,20-9+,52-22-. The number of hydrogen-bond acceptors (Lipinski definition) is 16. The highest BCUT2D eigenvalue weighted by Crippen LogP contribution is 2.55. The highest BCUT2D eigenvalue weighted by atomic mass is 32.2. The Balaban J connectivity index is 1.33. The molecule has 1 aliphatic carbocycles. The van der Waals surface area contributed by atoms with Gasteiger partial charge >= 0.3 is 5.97 Å². The Hall–Kier alpha value is -6.41. The van der Waals surface area contributed by atoms with Crippen molar-refractivity contribution < 1.29 is 89.1 Å². The third-order valence-electron chi connectivity index (χ3n) is 16.6. The molecule has 8 N–H and O–H groups in total. The van der Waals surface area contributed by atoms with E-state index in [0.717, 1.165) is 17.7 Å². The fourth-order valence-electron chi connectivity index (χ4n) is 12.5. The van der Waals surface area contributed by atoms with E-state index in [-0.39, 0.29) is 91.5 Å². The van der Waals surface area contributed by atoms with E-state index in [1.54, 1.807) is 41.3 Å². The Morgan fingerprint density at radius 2 is 1.28 bits per heavy atom. The van der Waals surface area contributed by atoms with Gasteiger partial charge in [-0.3, -0.25) is 37.4 Å². The topological polar surface area (TPSA) is 403 Å². The molecule has 3 amide bonds. The second-order valence-corrected chi connectivity index (χ2v) is 30.5. The number of benzene rings is 4. The van der Waals surface area contributed by atoms with Gasteiger partial charge in [-0.05, 0) is 153 Å². The zero-order valence-corrected chi connectivity index (χ0v) is 53.6. The lowest BCUT2D eigenvalue weighted by Gasteiger charge is -2.31. The molecule has 486 valence electrons. The molecule has 24 nitrogen and oxygen atoms in total. The number of carbonyl (C=O) groups is 4. The number of aliphatic carboxylic acids is 1. The average molecular weight is 1330 g/mol. The zero-order valence-electron chi connectivity index (χ0n) is 49.5. The first kappa shape index (κ1) is 70.1. The predicted octanol–water partition coefficient (Wildman–Crippen LogP) is 8.18. The molecule has 4 aromatic rings. The van der Waals surface area contributed by atoms with E-state index in [1.165, 1.54) is 18.2 Å². The predicted molar refractivity (Wildman–Crippen MR) is 331 cm³/mol. The van der Waals surface area contributed by atoms with Crippen molar-refractivity contribution in [3.63, 3.8) is 0 Å². The van der Waals surface area contributed by atoms with E-state index in [9.17, 15) is 84.0 Å². The first-order chi connectivity index (χ1) is 41.5. The summed E-state index contributed by atoms with van der Waals surface area (Å²) in [6.45, 7) is 5.90. The number of fused-ring (bicyclic) bond motifs is 9. The van der Waals surface area contributed by atoms with Gasteiger partial charge in [-0.2, -0.15) is 33.7 Å². The number of nitrogens with zero attached hydrogens (tertiary/aromatic N) is 1. The molecule has 0 saturated heterocycles. The zero-order chi connectivity index (χ0) is 65.5. The van der Waals surface area contributed by atoms with Gasteiger partial charge in [0.1, 0.15) is 26.0 Å². The van der Waals surface area contributed by atoms with Crippen LogP contribution in [0.1, 0.15) is 153 Å². The Morgan fingerprint density at radius 3 is 1.92 bits per heavy atom. The number of carbonyl (C=O) groups excluding carboxylic acids is 3. The van der Waals surface area contributed by atoms with E-state index in [1.807, 2.05) is 20.8 Å². The fourth-order valence-corrected chi connectivity index (χ4v) is 15.6. The number of allylic oxidation sites excluding steroid dienone is 8. The lowest BCUT2D eigenvalue weighted by atomic mass is 9.75. The highest BCUT2D eigenvalue weighted by molar-refractivity contribution is 7.87. The van der Waals surface area contributed by atoms with Crippen molar-refractivity contribution >= 4 is 107 Å². The third-order valence-corrected chi connectivity index (χ3v) is 20.8. The van der Waals surface area contributed by atoms with E-state index in [4.69, 9.17) is 5.11 Å². The maximum atomic E-state index is 13.5. The summed E-state index contributed by atoms with van der Waals surface area (Å²) in [5.74, 6) is -2.62. The summed E-state index contributed by atoms with van der Waals surface area (Å²) in [6, 6.07) is 8.45. The summed E-state index contributed by atoms with van der Waals surface area (Å²) in [6.07, 6.45) is 14.4. The molecule has 0 aromatic heterocycles. The van der Waals surface area contributed by atoms with Crippen molar-refractivity contribution in [1.82, 2.24) is 16.0 Å². The van der Waals surface area contributed by atoms with Crippen molar-refractivity contribution in [2.75, 3.05) is 30.3 Å². The molecular weight excluding hydrogens is 1260 g/mol. The third kappa shape index (κ3) is 17.4. The molecule has 0 bridgehead atoms. The van der Waals surface area contributed by atoms with Crippen molar-refractivity contribution in [3.8, 4) is 0 Å². The van der Waals surface area contributed by atoms with E-state index >= 15 is 0 Å². The maximum Gasteiger partial charge on any atom is 0.303 e. The molecule has 4 aromatic carbocycles. The molecule has 2 heterocycles.